The Morgan fingerprint density at radius 3 is 2.08 bits per heavy atom. The van der Waals surface area contributed by atoms with Crippen LogP contribution in [-0.2, 0) is 9.59 Å². The summed E-state index contributed by atoms with van der Waals surface area (Å²) in [5.41, 5.74) is 0.460. The number of ketones is 1. The van der Waals surface area contributed by atoms with Crippen molar-refractivity contribution < 1.29 is 37.3 Å². The Kier molecular flexibility index (Phi) is 6.88. The smallest absolute Gasteiger partial charge is 0.507 e. The van der Waals surface area contributed by atoms with Crippen LogP contribution in [-0.4, -0.2) is 30.3 Å². The van der Waals surface area contributed by atoms with Gasteiger partial charge < -0.3 is 14.6 Å². The molecule has 1 unspecified atom stereocenters. The molecule has 1 saturated heterocycles. The lowest BCUT2D eigenvalue weighted by Gasteiger charge is -2.26. The third-order valence-electron chi connectivity index (χ3n) is 5.42. The number of halogens is 5. The standard InChI is InChI=1S/C25H16Cl2F3NO5/c1-35-16-7-2-13(3-8-16)21-20(22(32)14-4-11-18(26)19(27)12-14)23(33)24(34)31(21)15-5-9-17(10-6-15)36-25(28,29)30/h2-12,21,32H,1H3/b22-20-. The Hall–Kier alpha value is -3.69. The summed E-state index contributed by atoms with van der Waals surface area (Å²) in [7, 11) is 1.47. The van der Waals surface area contributed by atoms with Crippen molar-refractivity contribution >= 4 is 46.3 Å². The van der Waals surface area contributed by atoms with Gasteiger partial charge >= 0.3 is 6.36 Å². The Morgan fingerprint density at radius 2 is 1.53 bits per heavy atom. The minimum absolute atomic E-state index is 0.112. The average molecular weight is 538 g/mol. The van der Waals surface area contributed by atoms with Crippen molar-refractivity contribution in [3.63, 3.8) is 0 Å². The first-order valence-electron chi connectivity index (χ1n) is 10.3. The van der Waals surface area contributed by atoms with Crippen molar-refractivity contribution in [1.29, 1.82) is 0 Å². The fourth-order valence-corrected chi connectivity index (χ4v) is 4.11. The number of methoxy groups -OCH3 is 1. The number of aliphatic hydroxyl groups excluding tert-OH is 1. The Labute approximate surface area is 213 Å². The minimum Gasteiger partial charge on any atom is -0.507 e. The van der Waals surface area contributed by atoms with Gasteiger partial charge in [0.1, 0.15) is 17.3 Å². The summed E-state index contributed by atoms with van der Waals surface area (Å²) in [6, 6.07) is 14.0. The van der Waals surface area contributed by atoms with E-state index in [2.05, 4.69) is 4.74 Å². The third-order valence-corrected chi connectivity index (χ3v) is 6.16. The number of ether oxygens (including phenoxy) is 2. The number of hydrogen-bond donors (Lipinski definition) is 1. The summed E-state index contributed by atoms with van der Waals surface area (Å²) < 4.78 is 46.7. The number of rotatable bonds is 5. The van der Waals surface area contributed by atoms with Crippen molar-refractivity contribution in [3.05, 3.63) is 93.5 Å². The largest absolute Gasteiger partial charge is 0.573 e. The molecule has 0 aliphatic carbocycles. The molecule has 4 rings (SSSR count). The molecule has 1 N–H and O–H groups in total. The van der Waals surface area contributed by atoms with Gasteiger partial charge in [-0.05, 0) is 60.2 Å². The average Bonchev–Trinajstić information content (AvgIpc) is 3.10. The molecule has 0 bridgehead atoms. The second-order valence-corrected chi connectivity index (χ2v) is 8.43. The zero-order valence-corrected chi connectivity index (χ0v) is 19.9. The van der Waals surface area contributed by atoms with E-state index in [-0.39, 0.29) is 26.9 Å². The Bertz CT molecular complexity index is 1360. The van der Waals surface area contributed by atoms with Crippen LogP contribution in [0.2, 0.25) is 10.0 Å². The van der Waals surface area contributed by atoms with E-state index in [9.17, 15) is 27.9 Å². The van der Waals surface area contributed by atoms with Crippen LogP contribution in [0, 0.1) is 0 Å². The molecule has 3 aromatic rings. The van der Waals surface area contributed by atoms with Gasteiger partial charge in [-0.2, -0.15) is 0 Å². The molecule has 1 aliphatic rings. The maximum Gasteiger partial charge on any atom is 0.573 e. The van der Waals surface area contributed by atoms with Gasteiger partial charge in [0.05, 0.1) is 28.8 Å². The highest BCUT2D eigenvalue weighted by Gasteiger charge is 2.47. The lowest BCUT2D eigenvalue weighted by molar-refractivity contribution is -0.274. The van der Waals surface area contributed by atoms with E-state index in [1.807, 2.05) is 0 Å². The van der Waals surface area contributed by atoms with E-state index in [1.165, 1.54) is 37.4 Å². The van der Waals surface area contributed by atoms with Gasteiger partial charge in [0.15, 0.2) is 0 Å². The van der Waals surface area contributed by atoms with Crippen molar-refractivity contribution in [1.82, 2.24) is 0 Å². The number of hydrogen-bond acceptors (Lipinski definition) is 5. The van der Waals surface area contributed by atoms with Gasteiger partial charge in [-0.15, -0.1) is 13.2 Å². The van der Waals surface area contributed by atoms with E-state index in [4.69, 9.17) is 27.9 Å². The fraction of sp³-hybridized carbons (Fsp3) is 0.120. The Morgan fingerprint density at radius 1 is 0.917 bits per heavy atom. The van der Waals surface area contributed by atoms with E-state index in [0.29, 0.717) is 11.3 Å². The maximum atomic E-state index is 13.2. The van der Waals surface area contributed by atoms with E-state index < -0.39 is 35.6 Å². The first kappa shape index (κ1) is 25.4. The highest BCUT2D eigenvalue weighted by molar-refractivity contribution is 6.51. The molecule has 1 fully saturated rings. The normalized spacial score (nSPS) is 17.4. The molecular weight excluding hydrogens is 522 g/mol. The van der Waals surface area contributed by atoms with Gasteiger partial charge in [0.2, 0.25) is 0 Å². The SMILES string of the molecule is COc1ccc(C2/C(=C(/O)c3ccc(Cl)c(Cl)c3)C(=O)C(=O)N2c2ccc(OC(F)(F)F)cc2)cc1. The number of aliphatic hydroxyl groups is 1. The van der Waals surface area contributed by atoms with Crippen LogP contribution in [0.1, 0.15) is 17.2 Å². The monoisotopic (exact) mass is 537 g/mol. The lowest BCUT2D eigenvalue weighted by atomic mass is 9.95. The van der Waals surface area contributed by atoms with Crippen LogP contribution >= 0.6 is 23.2 Å². The quantitative estimate of drug-likeness (QED) is 0.227. The number of carbonyl (C=O) groups excluding carboxylic acids is 2. The summed E-state index contributed by atoms with van der Waals surface area (Å²) in [5.74, 6) is -2.46. The summed E-state index contributed by atoms with van der Waals surface area (Å²) >= 11 is 12.0. The molecule has 0 radical (unpaired) electrons. The Balaban J connectivity index is 1.86. The summed E-state index contributed by atoms with van der Waals surface area (Å²) in [6.45, 7) is 0. The molecule has 3 aromatic carbocycles. The minimum atomic E-state index is -4.89. The maximum absolute atomic E-state index is 13.2. The van der Waals surface area contributed by atoms with Gasteiger partial charge in [0, 0.05) is 11.3 Å². The van der Waals surface area contributed by atoms with Gasteiger partial charge in [-0.1, -0.05) is 35.3 Å². The van der Waals surface area contributed by atoms with Gasteiger partial charge in [-0.25, -0.2) is 0 Å². The van der Waals surface area contributed by atoms with Crippen LogP contribution in [0.4, 0.5) is 18.9 Å². The number of alkyl halides is 3. The lowest BCUT2D eigenvalue weighted by Crippen LogP contribution is -2.29. The van der Waals surface area contributed by atoms with Crippen LogP contribution in [0.15, 0.2) is 72.3 Å². The number of anilines is 1. The fourth-order valence-electron chi connectivity index (χ4n) is 3.81. The van der Waals surface area contributed by atoms with E-state index >= 15 is 0 Å². The number of benzene rings is 3. The molecule has 186 valence electrons. The first-order chi connectivity index (χ1) is 17.0. The predicted octanol–water partition coefficient (Wildman–Crippen LogP) is 6.53. The molecular formula is C25H16Cl2F3NO5. The summed E-state index contributed by atoms with van der Waals surface area (Å²) in [4.78, 5) is 27.4. The second-order valence-electron chi connectivity index (χ2n) is 7.61. The number of nitrogens with zero attached hydrogens (tertiary/aromatic N) is 1. The molecule has 1 heterocycles. The van der Waals surface area contributed by atoms with Crippen LogP contribution in [0.25, 0.3) is 5.76 Å². The predicted molar refractivity (Wildman–Crippen MR) is 127 cm³/mol. The summed E-state index contributed by atoms with van der Waals surface area (Å²) in [6.07, 6.45) is -4.89. The van der Waals surface area contributed by atoms with E-state index in [1.54, 1.807) is 24.3 Å². The van der Waals surface area contributed by atoms with Crippen LogP contribution < -0.4 is 14.4 Å². The molecule has 0 saturated carbocycles. The zero-order chi connectivity index (χ0) is 26.2. The van der Waals surface area contributed by atoms with Crippen molar-refractivity contribution in [3.8, 4) is 11.5 Å². The van der Waals surface area contributed by atoms with Crippen LogP contribution in [0.3, 0.4) is 0 Å². The zero-order valence-electron chi connectivity index (χ0n) is 18.3. The van der Waals surface area contributed by atoms with E-state index in [0.717, 1.165) is 17.0 Å². The van der Waals surface area contributed by atoms with Crippen molar-refractivity contribution in [2.24, 2.45) is 0 Å². The second kappa shape index (κ2) is 9.75. The molecule has 1 amide bonds. The number of amides is 1. The highest BCUT2D eigenvalue weighted by Crippen LogP contribution is 2.43. The van der Waals surface area contributed by atoms with Crippen molar-refractivity contribution in [2.75, 3.05) is 12.0 Å². The highest BCUT2D eigenvalue weighted by atomic mass is 35.5. The van der Waals surface area contributed by atoms with Gasteiger partial charge in [0.25, 0.3) is 11.7 Å². The molecule has 1 aliphatic heterocycles. The third kappa shape index (κ3) is 4.98. The molecule has 36 heavy (non-hydrogen) atoms. The molecule has 6 nitrogen and oxygen atoms in total. The van der Waals surface area contributed by atoms with Gasteiger partial charge in [-0.3, -0.25) is 14.5 Å². The van der Waals surface area contributed by atoms with Crippen molar-refractivity contribution in [2.45, 2.75) is 12.4 Å². The number of Topliss-reactive ketones (excluding diaryl/α,β-unsaturated/α-hetero) is 1. The molecule has 1 atom stereocenters. The number of carbonyl (C=O) groups is 2. The topological polar surface area (TPSA) is 76.1 Å². The van der Waals surface area contributed by atoms with Crippen LogP contribution in [0.5, 0.6) is 11.5 Å². The molecule has 0 spiro atoms. The first-order valence-corrected chi connectivity index (χ1v) is 11.0. The summed E-state index contributed by atoms with van der Waals surface area (Å²) in [5, 5.41) is 11.4. The molecule has 0 aromatic heterocycles. The molecule has 11 heteroatoms.